The van der Waals surface area contributed by atoms with Gasteiger partial charge in [-0.15, -0.1) is 0 Å². The number of carbonyl (C=O) groups is 1. The largest absolute Gasteiger partial charge is 0.296 e. The van der Waals surface area contributed by atoms with Crippen molar-refractivity contribution >= 4 is 5.78 Å². The summed E-state index contributed by atoms with van der Waals surface area (Å²) in [6.07, 6.45) is -0.192. The summed E-state index contributed by atoms with van der Waals surface area (Å²) >= 11 is 0. The number of Topliss-reactive ketones (excluding diaryl/α,β-unsaturated/α-hetero) is 1. The zero-order chi connectivity index (χ0) is 9.68. The van der Waals surface area contributed by atoms with Gasteiger partial charge in [-0.25, -0.2) is 5.90 Å². The van der Waals surface area contributed by atoms with Crippen LogP contribution in [0.1, 0.15) is 25.0 Å². The standard InChI is InChI=1S/C10H13NO2/c1-2-9(12)10(13-11)8-6-4-3-5-7-8/h3-7,10H,2,11H2,1H3/t10-/m0/s1. The van der Waals surface area contributed by atoms with Gasteiger partial charge < -0.3 is 0 Å². The highest BCUT2D eigenvalue weighted by Crippen LogP contribution is 2.17. The summed E-state index contributed by atoms with van der Waals surface area (Å²) in [6.45, 7) is 1.79. The van der Waals surface area contributed by atoms with Crippen LogP contribution in [0.3, 0.4) is 0 Å². The average molecular weight is 179 g/mol. The maximum Gasteiger partial charge on any atom is 0.167 e. The summed E-state index contributed by atoms with van der Waals surface area (Å²) in [5.41, 5.74) is 0.803. The number of ketones is 1. The number of carbonyl (C=O) groups excluding carboxylic acids is 1. The minimum Gasteiger partial charge on any atom is -0.296 e. The zero-order valence-corrected chi connectivity index (χ0v) is 7.57. The van der Waals surface area contributed by atoms with Crippen molar-refractivity contribution in [3.05, 3.63) is 35.9 Å². The van der Waals surface area contributed by atoms with Crippen molar-refractivity contribution in [1.29, 1.82) is 0 Å². The molecule has 0 spiro atoms. The second kappa shape index (κ2) is 4.74. The van der Waals surface area contributed by atoms with E-state index in [-0.39, 0.29) is 5.78 Å². The smallest absolute Gasteiger partial charge is 0.167 e. The number of benzene rings is 1. The Morgan fingerprint density at radius 2 is 2.08 bits per heavy atom. The van der Waals surface area contributed by atoms with Crippen molar-refractivity contribution in [2.45, 2.75) is 19.4 Å². The molecule has 70 valence electrons. The highest BCUT2D eigenvalue weighted by Gasteiger charge is 2.17. The predicted octanol–water partition coefficient (Wildman–Crippen LogP) is 1.60. The van der Waals surface area contributed by atoms with Gasteiger partial charge in [-0.3, -0.25) is 9.63 Å². The molecule has 3 nitrogen and oxygen atoms in total. The fourth-order valence-corrected chi connectivity index (χ4v) is 1.15. The highest BCUT2D eigenvalue weighted by atomic mass is 16.6. The van der Waals surface area contributed by atoms with Crippen LogP contribution < -0.4 is 5.90 Å². The van der Waals surface area contributed by atoms with Crippen LogP contribution in [0.2, 0.25) is 0 Å². The molecule has 0 saturated heterocycles. The van der Waals surface area contributed by atoms with Crippen LogP contribution >= 0.6 is 0 Å². The van der Waals surface area contributed by atoms with E-state index < -0.39 is 6.10 Å². The molecule has 0 amide bonds. The fraction of sp³-hybridized carbons (Fsp3) is 0.300. The van der Waals surface area contributed by atoms with Crippen molar-refractivity contribution in [3.63, 3.8) is 0 Å². The summed E-state index contributed by atoms with van der Waals surface area (Å²) in [7, 11) is 0. The van der Waals surface area contributed by atoms with E-state index in [2.05, 4.69) is 4.84 Å². The van der Waals surface area contributed by atoms with Crippen molar-refractivity contribution in [2.24, 2.45) is 5.90 Å². The average Bonchev–Trinajstić information content (AvgIpc) is 2.20. The molecule has 0 aliphatic rings. The van der Waals surface area contributed by atoms with Gasteiger partial charge in [0.05, 0.1) is 0 Å². The third-order valence-corrected chi connectivity index (χ3v) is 1.88. The lowest BCUT2D eigenvalue weighted by molar-refractivity contribution is -0.131. The van der Waals surface area contributed by atoms with E-state index in [1.54, 1.807) is 6.92 Å². The normalized spacial score (nSPS) is 12.5. The molecule has 1 aromatic rings. The topological polar surface area (TPSA) is 52.3 Å². The predicted molar refractivity (Wildman–Crippen MR) is 49.8 cm³/mol. The third-order valence-electron chi connectivity index (χ3n) is 1.88. The van der Waals surface area contributed by atoms with E-state index in [0.29, 0.717) is 6.42 Å². The molecule has 0 fully saturated rings. The molecule has 1 atom stereocenters. The van der Waals surface area contributed by atoms with Crippen molar-refractivity contribution in [2.75, 3.05) is 0 Å². The maximum atomic E-state index is 11.3. The van der Waals surface area contributed by atoms with Crippen molar-refractivity contribution in [3.8, 4) is 0 Å². The lowest BCUT2D eigenvalue weighted by Crippen LogP contribution is -2.18. The molecule has 0 unspecified atom stereocenters. The van der Waals surface area contributed by atoms with E-state index in [0.717, 1.165) is 5.56 Å². The molecule has 0 saturated carbocycles. The van der Waals surface area contributed by atoms with Crippen LogP contribution in [0.15, 0.2) is 30.3 Å². The number of hydrogen-bond donors (Lipinski definition) is 1. The number of hydrogen-bond acceptors (Lipinski definition) is 3. The first-order chi connectivity index (χ1) is 6.29. The van der Waals surface area contributed by atoms with E-state index in [9.17, 15) is 4.79 Å². The molecule has 0 aliphatic carbocycles. The van der Waals surface area contributed by atoms with Crippen LogP contribution in [0.25, 0.3) is 0 Å². The van der Waals surface area contributed by atoms with Crippen LogP contribution in [-0.2, 0) is 9.63 Å². The molecule has 0 heterocycles. The van der Waals surface area contributed by atoms with E-state index in [1.165, 1.54) is 0 Å². The minimum absolute atomic E-state index is 0.00583. The van der Waals surface area contributed by atoms with Gasteiger partial charge in [-0.1, -0.05) is 37.3 Å². The molecule has 13 heavy (non-hydrogen) atoms. The van der Waals surface area contributed by atoms with Crippen LogP contribution in [-0.4, -0.2) is 5.78 Å². The quantitative estimate of drug-likeness (QED) is 0.714. The second-order valence-electron chi connectivity index (χ2n) is 2.75. The maximum absolute atomic E-state index is 11.3. The minimum atomic E-state index is -0.619. The summed E-state index contributed by atoms with van der Waals surface area (Å²) in [4.78, 5) is 16.0. The Bertz CT molecular complexity index is 272. The lowest BCUT2D eigenvalue weighted by Gasteiger charge is -2.11. The first-order valence-electron chi connectivity index (χ1n) is 4.22. The van der Waals surface area contributed by atoms with Crippen molar-refractivity contribution in [1.82, 2.24) is 0 Å². The van der Waals surface area contributed by atoms with Gasteiger partial charge in [-0.2, -0.15) is 0 Å². The fourth-order valence-electron chi connectivity index (χ4n) is 1.15. The molecule has 0 radical (unpaired) electrons. The van der Waals surface area contributed by atoms with Gasteiger partial charge in [0.1, 0.15) is 0 Å². The molecular weight excluding hydrogens is 166 g/mol. The first-order valence-corrected chi connectivity index (χ1v) is 4.22. The zero-order valence-electron chi connectivity index (χ0n) is 7.57. The Morgan fingerprint density at radius 3 is 2.54 bits per heavy atom. The Kier molecular flexibility index (Phi) is 3.61. The Labute approximate surface area is 77.5 Å². The molecular formula is C10H13NO2. The number of rotatable bonds is 4. The monoisotopic (exact) mass is 179 g/mol. The number of nitrogens with two attached hydrogens (primary N) is 1. The van der Waals surface area contributed by atoms with E-state index >= 15 is 0 Å². The van der Waals surface area contributed by atoms with Crippen LogP contribution in [0.4, 0.5) is 0 Å². The van der Waals surface area contributed by atoms with Gasteiger partial charge in [0.2, 0.25) is 0 Å². The molecule has 3 heteroatoms. The first kappa shape index (κ1) is 9.89. The molecule has 0 aliphatic heterocycles. The Morgan fingerprint density at radius 1 is 1.46 bits per heavy atom. The van der Waals surface area contributed by atoms with Gasteiger partial charge >= 0.3 is 0 Å². The molecule has 0 bridgehead atoms. The highest BCUT2D eigenvalue weighted by molar-refractivity contribution is 5.84. The molecule has 0 aromatic heterocycles. The lowest BCUT2D eigenvalue weighted by atomic mass is 10.0. The molecule has 1 aromatic carbocycles. The van der Waals surface area contributed by atoms with Crippen molar-refractivity contribution < 1.29 is 9.63 Å². The summed E-state index contributed by atoms with van der Waals surface area (Å²) < 4.78 is 0. The summed E-state index contributed by atoms with van der Waals surface area (Å²) in [5, 5.41) is 0. The van der Waals surface area contributed by atoms with Crippen LogP contribution in [0.5, 0.6) is 0 Å². The SMILES string of the molecule is CCC(=O)[C@@H](ON)c1ccccc1. The van der Waals surface area contributed by atoms with Gasteiger partial charge in [-0.05, 0) is 5.56 Å². The third kappa shape index (κ3) is 2.37. The van der Waals surface area contributed by atoms with Gasteiger partial charge in [0.15, 0.2) is 11.9 Å². The van der Waals surface area contributed by atoms with Crippen LogP contribution in [0, 0.1) is 0 Å². The van der Waals surface area contributed by atoms with E-state index in [1.807, 2.05) is 30.3 Å². The molecule has 2 N–H and O–H groups in total. The molecule has 1 rings (SSSR count). The van der Waals surface area contributed by atoms with Gasteiger partial charge in [0.25, 0.3) is 0 Å². The second-order valence-corrected chi connectivity index (χ2v) is 2.75. The van der Waals surface area contributed by atoms with E-state index in [4.69, 9.17) is 5.90 Å². The summed E-state index contributed by atoms with van der Waals surface area (Å²) in [6, 6.07) is 9.23. The van der Waals surface area contributed by atoms with Gasteiger partial charge in [0, 0.05) is 6.42 Å². The summed E-state index contributed by atoms with van der Waals surface area (Å²) in [5.74, 6) is 5.05. The Hall–Kier alpha value is -1.19. The Balaban J connectivity index is 2.85.